The van der Waals surface area contributed by atoms with Gasteiger partial charge in [-0.05, 0) is 55.1 Å². The molecule has 44 heavy (non-hydrogen) atoms. The van der Waals surface area contributed by atoms with Crippen molar-refractivity contribution in [3.05, 3.63) is 47.0 Å². The van der Waals surface area contributed by atoms with Crippen molar-refractivity contribution in [3.8, 4) is 22.6 Å². The van der Waals surface area contributed by atoms with Crippen molar-refractivity contribution in [1.82, 2.24) is 10.2 Å². The molecule has 6 atom stereocenters. The number of hydrogen-bond acceptors (Lipinski definition) is 11. The second kappa shape index (κ2) is 12.1. The highest BCUT2D eigenvalue weighted by atomic mass is 16.7. The molecular weight excluding hydrogens is 572 g/mol. The minimum absolute atomic E-state index is 0.0632. The summed E-state index contributed by atoms with van der Waals surface area (Å²) >= 11 is 0. The number of aromatic hydroxyl groups is 1. The lowest BCUT2D eigenvalue weighted by molar-refractivity contribution is -0.257. The summed E-state index contributed by atoms with van der Waals surface area (Å²) in [6.07, 6.45) is -3.47. The maximum absolute atomic E-state index is 12.3. The van der Waals surface area contributed by atoms with Crippen molar-refractivity contribution in [2.75, 3.05) is 20.2 Å². The van der Waals surface area contributed by atoms with Gasteiger partial charge in [0, 0.05) is 45.3 Å². The Bertz CT molecular complexity index is 1490. The fraction of sp³-hybridized carbons (Fsp3) is 0.500. The third-order valence-corrected chi connectivity index (χ3v) is 8.59. The van der Waals surface area contributed by atoms with Crippen molar-refractivity contribution >= 4 is 23.8 Å². The number of carbonyl (C=O) groups excluding carboxylic acids is 4. The number of fused-ring (bicyclic) bond motifs is 2. The quantitative estimate of drug-likeness (QED) is 0.351. The number of esters is 3. The average molecular weight is 611 g/mol. The van der Waals surface area contributed by atoms with Gasteiger partial charge in [0.2, 0.25) is 12.2 Å². The molecular formula is C32H38N2O10. The lowest BCUT2D eigenvalue weighted by atomic mass is 9.69. The summed E-state index contributed by atoms with van der Waals surface area (Å²) in [5.41, 5.74) is 4.64. The molecule has 1 amide bonds. The van der Waals surface area contributed by atoms with Gasteiger partial charge < -0.3 is 34.1 Å². The maximum Gasteiger partial charge on any atom is 0.303 e. The fourth-order valence-corrected chi connectivity index (χ4v) is 6.65. The van der Waals surface area contributed by atoms with E-state index in [1.54, 1.807) is 6.07 Å². The predicted octanol–water partition coefficient (Wildman–Crippen LogP) is 2.35. The van der Waals surface area contributed by atoms with Crippen molar-refractivity contribution in [2.24, 2.45) is 0 Å². The highest BCUT2D eigenvalue weighted by Crippen LogP contribution is 2.53. The molecule has 5 rings (SSSR count). The molecule has 3 aliphatic rings. The van der Waals surface area contributed by atoms with Crippen LogP contribution in [0.5, 0.6) is 11.5 Å². The molecule has 2 N–H and O–H groups in total. The number of likely N-dealkylation sites (N-methyl/N-ethyl adjacent to an activating group) is 1. The molecule has 0 bridgehead atoms. The first-order valence-corrected chi connectivity index (χ1v) is 14.6. The van der Waals surface area contributed by atoms with E-state index < -0.39 is 54.5 Å². The second-order valence-electron chi connectivity index (χ2n) is 11.7. The summed E-state index contributed by atoms with van der Waals surface area (Å²) in [6.45, 7) is 7.57. The van der Waals surface area contributed by atoms with E-state index in [2.05, 4.69) is 30.3 Å². The van der Waals surface area contributed by atoms with Gasteiger partial charge in [0.15, 0.2) is 23.7 Å². The number of rotatable bonds is 7. The van der Waals surface area contributed by atoms with E-state index in [-0.39, 0.29) is 23.6 Å². The van der Waals surface area contributed by atoms with Crippen LogP contribution in [0.15, 0.2) is 30.3 Å². The Hall–Kier alpha value is -4.16. The Kier molecular flexibility index (Phi) is 8.59. The summed E-state index contributed by atoms with van der Waals surface area (Å²) in [7, 11) is 2.11. The van der Waals surface area contributed by atoms with Crippen molar-refractivity contribution in [1.29, 1.82) is 0 Å². The number of amides is 1. The normalized spacial score (nSPS) is 27.3. The van der Waals surface area contributed by atoms with E-state index in [0.717, 1.165) is 24.1 Å². The van der Waals surface area contributed by atoms with Crippen molar-refractivity contribution in [2.45, 2.75) is 83.6 Å². The van der Waals surface area contributed by atoms with Crippen LogP contribution in [0.3, 0.4) is 0 Å². The van der Waals surface area contributed by atoms with Gasteiger partial charge in [0.1, 0.15) is 18.8 Å². The Morgan fingerprint density at radius 3 is 2.36 bits per heavy atom. The van der Waals surface area contributed by atoms with Gasteiger partial charge in [0.25, 0.3) is 0 Å². The van der Waals surface area contributed by atoms with E-state index in [1.165, 1.54) is 38.8 Å². The second-order valence-corrected chi connectivity index (χ2v) is 11.7. The molecule has 12 nitrogen and oxygen atoms in total. The number of ether oxygens (including phenoxy) is 5. The zero-order valence-electron chi connectivity index (χ0n) is 25.7. The molecule has 2 aromatic carbocycles. The summed E-state index contributed by atoms with van der Waals surface area (Å²) in [4.78, 5) is 50.6. The fourth-order valence-electron chi connectivity index (χ4n) is 6.65. The molecule has 1 saturated heterocycles. The van der Waals surface area contributed by atoms with Crippen LogP contribution in [0.25, 0.3) is 11.1 Å². The summed E-state index contributed by atoms with van der Waals surface area (Å²) < 4.78 is 28.6. The van der Waals surface area contributed by atoms with Crippen LogP contribution in [0.4, 0.5) is 0 Å². The molecule has 6 unspecified atom stereocenters. The number of nitrogens with one attached hydrogen (secondary N) is 1. The molecule has 12 heteroatoms. The first kappa shape index (κ1) is 31.3. The SMILES string of the molecule is CC(=O)NC1C(Oc2ccc3c(c2O)-c2cccc4c2C(C)(C3)N(C)CC4)OC(COC(C)=O)C(OC(C)=O)C1OC(C)=O. The summed E-state index contributed by atoms with van der Waals surface area (Å²) in [6, 6.07) is 8.45. The van der Waals surface area contributed by atoms with Gasteiger partial charge >= 0.3 is 17.9 Å². The van der Waals surface area contributed by atoms with Gasteiger partial charge in [-0.25, -0.2) is 0 Å². The van der Waals surface area contributed by atoms with E-state index in [1.807, 2.05) is 18.2 Å². The number of carbonyl (C=O) groups is 4. The molecule has 0 spiro atoms. The molecule has 2 heterocycles. The Morgan fingerprint density at radius 2 is 1.70 bits per heavy atom. The highest BCUT2D eigenvalue weighted by Gasteiger charge is 2.52. The lowest BCUT2D eigenvalue weighted by Gasteiger charge is -2.48. The van der Waals surface area contributed by atoms with Crippen LogP contribution in [0, 0.1) is 0 Å². The molecule has 236 valence electrons. The number of benzene rings is 2. The number of phenolic OH excluding ortho intramolecular Hbond substituents is 1. The monoisotopic (exact) mass is 610 g/mol. The maximum atomic E-state index is 12.3. The standard InChI is InChI=1S/C32H38N2O10/c1-16(35)33-27-30(42-19(4)38)29(41-18(3)37)24(15-40-17(2)36)44-31(27)43-23-11-10-21-14-32(5)26-20(12-13-34(32)6)8-7-9-22(26)25(21)28(23)39/h7-11,24,27,29-31,39H,12-15H2,1-6H3,(H,33,35). The highest BCUT2D eigenvalue weighted by molar-refractivity contribution is 5.83. The number of nitrogens with zero attached hydrogens (tertiary/aromatic N) is 1. The molecule has 0 aromatic heterocycles. The largest absolute Gasteiger partial charge is 0.504 e. The van der Waals surface area contributed by atoms with Gasteiger partial charge in [0.05, 0.1) is 0 Å². The average Bonchev–Trinajstić information content (AvgIpc) is 2.93. The number of hydrogen-bond donors (Lipinski definition) is 2. The first-order chi connectivity index (χ1) is 20.8. The number of phenols is 1. The van der Waals surface area contributed by atoms with E-state index in [4.69, 9.17) is 23.7 Å². The molecule has 2 aromatic rings. The van der Waals surface area contributed by atoms with E-state index in [9.17, 15) is 24.3 Å². The predicted molar refractivity (Wildman–Crippen MR) is 156 cm³/mol. The molecule has 2 aliphatic heterocycles. The van der Waals surface area contributed by atoms with Crippen LogP contribution in [-0.4, -0.2) is 84.7 Å². The third kappa shape index (κ3) is 5.83. The molecule has 0 radical (unpaired) electrons. The van der Waals surface area contributed by atoms with Gasteiger partial charge in [-0.15, -0.1) is 0 Å². The van der Waals surface area contributed by atoms with Gasteiger partial charge in [-0.3, -0.25) is 24.1 Å². The smallest absolute Gasteiger partial charge is 0.303 e. The first-order valence-electron chi connectivity index (χ1n) is 14.6. The minimum atomic E-state index is -1.36. The lowest BCUT2D eigenvalue weighted by Crippen LogP contribution is -2.67. The van der Waals surface area contributed by atoms with Crippen LogP contribution < -0.4 is 10.1 Å². The Balaban J connectivity index is 1.56. The summed E-state index contributed by atoms with van der Waals surface area (Å²) in [5.74, 6) is -2.59. The van der Waals surface area contributed by atoms with Gasteiger partial charge in [-0.2, -0.15) is 0 Å². The summed E-state index contributed by atoms with van der Waals surface area (Å²) in [5, 5.41) is 14.4. The zero-order chi connectivity index (χ0) is 31.9. The van der Waals surface area contributed by atoms with Crippen LogP contribution >= 0.6 is 0 Å². The van der Waals surface area contributed by atoms with Crippen LogP contribution in [0.2, 0.25) is 0 Å². The third-order valence-electron chi connectivity index (χ3n) is 8.59. The van der Waals surface area contributed by atoms with E-state index in [0.29, 0.717) is 12.0 Å². The van der Waals surface area contributed by atoms with Crippen LogP contribution in [-0.2, 0) is 56.5 Å². The van der Waals surface area contributed by atoms with Crippen molar-refractivity contribution in [3.63, 3.8) is 0 Å². The zero-order valence-corrected chi connectivity index (χ0v) is 25.7. The molecule has 1 fully saturated rings. The van der Waals surface area contributed by atoms with E-state index >= 15 is 0 Å². The Morgan fingerprint density at radius 1 is 1.00 bits per heavy atom. The topological polar surface area (TPSA) is 150 Å². The minimum Gasteiger partial charge on any atom is -0.504 e. The Labute approximate surface area is 255 Å². The molecule has 0 saturated carbocycles. The van der Waals surface area contributed by atoms with Gasteiger partial charge in [-0.1, -0.05) is 24.3 Å². The van der Waals surface area contributed by atoms with Crippen molar-refractivity contribution < 1.29 is 48.0 Å². The van der Waals surface area contributed by atoms with Crippen LogP contribution in [0.1, 0.15) is 51.3 Å². The molecule has 1 aliphatic carbocycles.